The Morgan fingerprint density at radius 2 is 1.90 bits per heavy atom. The van der Waals surface area contributed by atoms with E-state index >= 15 is 0 Å². The van der Waals surface area contributed by atoms with Crippen LogP contribution in [0, 0.1) is 0 Å². The molecule has 2 aromatic rings. The molecule has 1 atom stereocenters. The summed E-state index contributed by atoms with van der Waals surface area (Å²) in [5, 5.41) is 3.21. The molecule has 1 saturated heterocycles. The first-order chi connectivity index (χ1) is 13.9. The Labute approximate surface area is 173 Å². The normalized spacial score (nSPS) is 20.6. The molecule has 2 aromatic carbocycles. The number of fused-ring (bicyclic) bond motifs is 1. The number of likely N-dealkylation sites (tertiary alicyclic amines) is 1. The molecule has 2 heterocycles. The Bertz CT molecular complexity index is 870. The number of rotatable bonds is 5. The van der Waals surface area contributed by atoms with Crippen molar-refractivity contribution in [2.75, 3.05) is 20.2 Å². The van der Waals surface area contributed by atoms with E-state index in [0.717, 1.165) is 23.6 Å². The molecule has 154 valence electrons. The minimum atomic E-state index is -0.348. The topological polar surface area (TPSA) is 50.8 Å². The lowest BCUT2D eigenvalue weighted by molar-refractivity contribution is 0.0618. The van der Waals surface area contributed by atoms with E-state index in [0.29, 0.717) is 12.0 Å². The van der Waals surface area contributed by atoms with Crippen molar-refractivity contribution >= 4 is 5.91 Å². The van der Waals surface area contributed by atoms with Crippen molar-refractivity contribution in [3.05, 3.63) is 59.2 Å². The van der Waals surface area contributed by atoms with Gasteiger partial charge in [0.25, 0.3) is 5.91 Å². The molecule has 2 aliphatic rings. The van der Waals surface area contributed by atoms with Crippen molar-refractivity contribution in [1.82, 2.24) is 10.2 Å². The summed E-state index contributed by atoms with van der Waals surface area (Å²) in [6, 6.07) is 13.6. The standard InChI is InChI=1S/C24H30N2O3/c1-24(2)15-21(20-14-19(28-3)10-11-22(20)29-24)25-23(27)18-8-6-17(7-9-18)16-26-12-4-5-13-26/h6-11,14,21H,4-5,12-13,15-16H2,1-3H3,(H,25,27)/t21-/m1/s1. The van der Waals surface area contributed by atoms with E-state index in [1.54, 1.807) is 7.11 Å². The van der Waals surface area contributed by atoms with Gasteiger partial charge in [0, 0.05) is 24.1 Å². The van der Waals surface area contributed by atoms with Crippen LogP contribution in [0.25, 0.3) is 0 Å². The Balaban J connectivity index is 1.48. The van der Waals surface area contributed by atoms with Crippen molar-refractivity contribution in [3.8, 4) is 11.5 Å². The van der Waals surface area contributed by atoms with Gasteiger partial charge in [-0.05, 0) is 75.7 Å². The largest absolute Gasteiger partial charge is 0.497 e. The van der Waals surface area contributed by atoms with Gasteiger partial charge < -0.3 is 14.8 Å². The van der Waals surface area contributed by atoms with Crippen LogP contribution < -0.4 is 14.8 Å². The van der Waals surface area contributed by atoms with Crippen LogP contribution in [-0.2, 0) is 6.54 Å². The van der Waals surface area contributed by atoms with Gasteiger partial charge in [0.05, 0.1) is 13.2 Å². The van der Waals surface area contributed by atoms with E-state index in [9.17, 15) is 4.79 Å². The van der Waals surface area contributed by atoms with Crippen LogP contribution in [-0.4, -0.2) is 36.6 Å². The van der Waals surface area contributed by atoms with E-state index in [1.807, 2.05) is 44.2 Å². The summed E-state index contributed by atoms with van der Waals surface area (Å²) in [6.45, 7) is 7.40. The molecule has 29 heavy (non-hydrogen) atoms. The third-order valence-electron chi connectivity index (χ3n) is 5.80. The number of methoxy groups -OCH3 is 1. The van der Waals surface area contributed by atoms with Crippen molar-refractivity contribution < 1.29 is 14.3 Å². The van der Waals surface area contributed by atoms with Crippen molar-refractivity contribution in [3.63, 3.8) is 0 Å². The van der Waals surface area contributed by atoms with Crippen LogP contribution in [0.2, 0.25) is 0 Å². The first kappa shape index (κ1) is 19.8. The van der Waals surface area contributed by atoms with Gasteiger partial charge in [-0.15, -0.1) is 0 Å². The zero-order valence-electron chi connectivity index (χ0n) is 17.5. The maximum atomic E-state index is 13.0. The predicted octanol–water partition coefficient (Wildman–Crippen LogP) is 4.32. The lowest BCUT2D eigenvalue weighted by Gasteiger charge is -2.38. The summed E-state index contributed by atoms with van der Waals surface area (Å²) in [7, 11) is 1.65. The molecule has 2 aliphatic heterocycles. The van der Waals surface area contributed by atoms with Crippen LogP contribution >= 0.6 is 0 Å². The van der Waals surface area contributed by atoms with Gasteiger partial charge >= 0.3 is 0 Å². The van der Waals surface area contributed by atoms with Crippen LogP contribution in [0.5, 0.6) is 11.5 Å². The lowest BCUT2D eigenvalue weighted by Crippen LogP contribution is -2.41. The van der Waals surface area contributed by atoms with E-state index in [4.69, 9.17) is 9.47 Å². The van der Waals surface area contributed by atoms with E-state index in [2.05, 4.69) is 22.3 Å². The van der Waals surface area contributed by atoms with Gasteiger partial charge in [-0.25, -0.2) is 0 Å². The Kier molecular flexibility index (Phi) is 5.50. The zero-order valence-corrected chi connectivity index (χ0v) is 17.5. The SMILES string of the molecule is COc1ccc2c(c1)[C@H](NC(=O)c1ccc(CN3CCCC3)cc1)CC(C)(C)O2. The Hall–Kier alpha value is -2.53. The highest BCUT2D eigenvalue weighted by Gasteiger charge is 2.35. The number of nitrogens with zero attached hydrogens (tertiary/aromatic N) is 1. The number of ether oxygens (including phenoxy) is 2. The van der Waals surface area contributed by atoms with Gasteiger partial charge in [0.1, 0.15) is 17.1 Å². The lowest BCUT2D eigenvalue weighted by atomic mass is 9.89. The van der Waals surface area contributed by atoms with Crippen molar-refractivity contribution in [2.24, 2.45) is 0 Å². The fourth-order valence-electron chi connectivity index (χ4n) is 4.29. The highest BCUT2D eigenvalue weighted by molar-refractivity contribution is 5.94. The Morgan fingerprint density at radius 3 is 2.59 bits per heavy atom. The van der Waals surface area contributed by atoms with E-state index in [-0.39, 0.29) is 17.6 Å². The third kappa shape index (κ3) is 4.56. The fourth-order valence-corrected chi connectivity index (χ4v) is 4.29. The van der Waals surface area contributed by atoms with Gasteiger partial charge in [0.15, 0.2) is 0 Å². The van der Waals surface area contributed by atoms with Gasteiger partial charge in [-0.3, -0.25) is 9.69 Å². The molecule has 1 fully saturated rings. The molecule has 5 heteroatoms. The van der Waals surface area contributed by atoms with Crippen LogP contribution in [0.15, 0.2) is 42.5 Å². The number of carbonyl (C=O) groups excluding carboxylic acids is 1. The first-order valence-corrected chi connectivity index (χ1v) is 10.4. The number of hydrogen-bond donors (Lipinski definition) is 1. The smallest absolute Gasteiger partial charge is 0.251 e. The molecule has 0 aromatic heterocycles. The summed E-state index contributed by atoms with van der Waals surface area (Å²) in [5.74, 6) is 1.50. The summed E-state index contributed by atoms with van der Waals surface area (Å²) in [6.07, 6.45) is 3.27. The maximum Gasteiger partial charge on any atom is 0.251 e. The molecule has 5 nitrogen and oxygen atoms in total. The minimum absolute atomic E-state index is 0.0609. The average molecular weight is 395 g/mol. The fraction of sp³-hybridized carbons (Fsp3) is 0.458. The molecule has 1 amide bonds. The second kappa shape index (κ2) is 8.07. The molecule has 0 unspecified atom stereocenters. The quantitative estimate of drug-likeness (QED) is 0.820. The van der Waals surface area contributed by atoms with E-state index < -0.39 is 0 Å². The monoisotopic (exact) mass is 394 g/mol. The molecular formula is C24H30N2O3. The average Bonchev–Trinajstić information content (AvgIpc) is 3.20. The number of amides is 1. The zero-order chi connectivity index (χ0) is 20.4. The summed E-state index contributed by atoms with van der Waals surface area (Å²) in [4.78, 5) is 15.4. The summed E-state index contributed by atoms with van der Waals surface area (Å²) < 4.78 is 11.5. The Morgan fingerprint density at radius 1 is 1.17 bits per heavy atom. The molecular weight excluding hydrogens is 364 g/mol. The van der Waals surface area contributed by atoms with Crippen LogP contribution in [0.1, 0.15) is 60.6 Å². The predicted molar refractivity (Wildman–Crippen MR) is 113 cm³/mol. The highest BCUT2D eigenvalue weighted by atomic mass is 16.5. The second-order valence-electron chi connectivity index (χ2n) is 8.68. The molecule has 4 rings (SSSR count). The van der Waals surface area contributed by atoms with E-state index in [1.165, 1.54) is 31.5 Å². The van der Waals surface area contributed by atoms with Crippen LogP contribution in [0.4, 0.5) is 0 Å². The number of carbonyl (C=O) groups is 1. The molecule has 0 aliphatic carbocycles. The summed E-state index contributed by atoms with van der Waals surface area (Å²) >= 11 is 0. The molecule has 1 N–H and O–H groups in total. The van der Waals surface area contributed by atoms with Gasteiger partial charge in [0.2, 0.25) is 0 Å². The molecule has 0 radical (unpaired) electrons. The highest BCUT2D eigenvalue weighted by Crippen LogP contribution is 2.41. The minimum Gasteiger partial charge on any atom is -0.497 e. The van der Waals surface area contributed by atoms with Gasteiger partial charge in [-0.2, -0.15) is 0 Å². The number of benzene rings is 2. The molecule has 0 bridgehead atoms. The van der Waals surface area contributed by atoms with Crippen molar-refractivity contribution in [2.45, 2.75) is 51.3 Å². The number of hydrogen-bond acceptors (Lipinski definition) is 4. The van der Waals surface area contributed by atoms with Gasteiger partial charge in [-0.1, -0.05) is 12.1 Å². The second-order valence-corrected chi connectivity index (χ2v) is 8.68. The third-order valence-corrected chi connectivity index (χ3v) is 5.80. The molecule has 0 spiro atoms. The first-order valence-electron chi connectivity index (χ1n) is 10.4. The number of nitrogens with one attached hydrogen (secondary N) is 1. The van der Waals surface area contributed by atoms with Crippen molar-refractivity contribution in [1.29, 1.82) is 0 Å². The van der Waals surface area contributed by atoms with Crippen LogP contribution in [0.3, 0.4) is 0 Å². The molecule has 0 saturated carbocycles. The maximum absolute atomic E-state index is 13.0. The summed E-state index contributed by atoms with van der Waals surface area (Å²) in [5.41, 5.74) is 2.55.